The number of likely N-dealkylation sites (tertiary alicyclic amines) is 1. The van der Waals surface area contributed by atoms with Crippen LogP contribution in [0.15, 0.2) is 42.9 Å². The molecular formula is C18H20N4. The molecule has 0 aliphatic carbocycles. The summed E-state index contributed by atoms with van der Waals surface area (Å²) in [6.45, 7) is 4.72. The summed E-state index contributed by atoms with van der Waals surface area (Å²) in [6.07, 6.45) is 6.18. The first kappa shape index (κ1) is 13.5. The highest BCUT2D eigenvalue weighted by atomic mass is 15.2. The van der Waals surface area contributed by atoms with Crippen LogP contribution in [0.5, 0.6) is 0 Å². The lowest BCUT2D eigenvalue weighted by Crippen LogP contribution is -2.23. The molecule has 4 rings (SSSR count). The zero-order valence-corrected chi connectivity index (χ0v) is 12.8. The van der Waals surface area contributed by atoms with Gasteiger partial charge in [0.05, 0.1) is 5.69 Å². The molecule has 1 saturated heterocycles. The number of H-pyrrole nitrogens is 1. The highest BCUT2D eigenvalue weighted by Crippen LogP contribution is 2.30. The van der Waals surface area contributed by atoms with Gasteiger partial charge in [-0.05, 0) is 50.6 Å². The summed E-state index contributed by atoms with van der Waals surface area (Å²) in [6, 6.07) is 11.3. The van der Waals surface area contributed by atoms with E-state index in [-0.39, 0.29) is 0 Å². The molecule has 1 aliphatic heterocycles. The molecule has 1 aliphatic rings. The van der Waals surface area contributed by atoms with Gasteiger partial charge in [0.25, 0.3) is 0 Å². The first-order valence-electron chi connectivity index (χ1n) is 7.95. The Balaban J connectivity index is 1.74. The van der Waals surface area contributed by atoms with E-state index in [0.29, 0.717) is 6.04 Å². The predicted molar refractivity (Wildman–Crippen MR) is 88.5 cm³/mol. The summed E-state index contributed by atoms with van der Waals surface area (Å²) in [4.78, 5) is 14.5. The zero-order valence-electron chi connectivity index (χ0n) is 12.8. The maximum Gasteiger partial charge on any atom is 0.141 e. The molecule has 3 aromatic rings. The minimum atomic E-state index is 0.464. The Morgan fingerprint density at radius 1 is 1.14 bits per heavy atom. The van der Waals surface area contributed by atoms with E-state index in [1.165, 1.54) is 31.5 Å². The van der Waals surface area contributed by atoms with Crippen LogP contribution in [0.4, 0.5) is 0 Å². The summed E-state index contributed by atoms with van der Waals surface area (Å²) < 4.78 is 0. The number of rotatable bonds is 3. The van der Waals surface area contributed by atoms with Crippen molar-refractivity contribution in [3.05, 3.63) is 48.4 Å². The second-order valence-electron chi connectivity index (χ2n) is 6.01. The SMILES string of the molecule is C[C@@H](c1cccc(-c2ncnc3[nH]ccc23)c1)N1CCCC1. The predicted octanol–water partition coefficient (Wildman–Crippen LogP) is 3.78. The van der Waals surface area contributed by atoms with E-state index in [4.69, 9.17) is 0 Å². The number of aromatic amines is 1. The third-order valence-corrected chi connectivity index (χ3v) is 4.68. The summed E-state index contributed by atoms with van der Waals surface area (Å²) >= 11 is 0. The van der Waals surface area contributed by atoms with Gasteiger partial charge in [0, 0.05) is 23.2 Å². The van der Waals surface area contributed by atoms with Crippen LogP contribution in [0, 0.1) is 0 Å². The largest absolute Gasteiger partial charge is 0.346 e. The number of benzene rings is 1. The third kappa shape index (κ3) is 2.29. The fourth-order valence-electron chi connectivity index (χ4n) is 3.39. The Kier molecular flexibility index (Phi) is 3.39. The Morgan fingerprint density at radius 3 is 2.86 bits per heavy atom. The number of nitrogens with zero attached hydrogens (tertiary/aromatic N) is 3. The molecule has 1 aromatic carbocycles. The van der Waals surface area contributed by atoms with Gasteiger partial charge in [-0.3, -0.25) is 4.90 Å². The van der Waals surface area contributed by atoms with Gasteiger partial charge in [-0.1, -0.05) is 18.2 Å². The lowest BCUT2D eigenvalue weighted by atomic mass is 10.0. The van der Waals surface area contributed by atoms with Gasteiger partial charge in [0.1, 0.15) is 12.0 Å². The molecule has 1 atom stereocenters. The molecule has 0 spiro atoms. The lowest BCUT2D eigenvalue weighted by Gasteiger charge is -2.24. The minimum Gasteiger partial charge on any atom is -0.346 e. The lowest BCUT2D eigenvalue weighted by molar-refractivity contribution is 0.263. The fraction of sp³-hybridized carbons (Fsp3) is 0.333. The first-order valence-corrected chi connectivity index (χ1v) is 7.95. The van der Waals surface area contributed by atoms with Gasteiger partial charge >= 0.3 is 0 Å². The number of hydrogen-bond donors (Lipinski definition) is 1. The van der Waals surface area contributed by atoms with E-state index < -0.39 is 0 Å². The summed E-state index contributed by atoms with van der Waals surface area (Å²) in [5.74, 6) is 0. The monoisotopic (exact) mass is 292 g/mol. The molecule has 0 bridgehead atoms. The van der Waals surface area contributed by atoms with Crippen LogP contribution < -0.4 is 0 Å². The van der Waals surface area contributed by atoms with Gasteiger partial charge in [-0.2, -0.15) is 0 Å². The van der Waals surface area contributed by atoms with Crippen molar-refractivity contribution in [3.8, 4) is 11.3 Å². The Labute approximate surface area is 130 Å². The van der Waals surface area contributed by atoms with Crippen LogP contribution >= 0.6 is 0 Å². The van der Waals surface area contributed by atoms with Crippen molar-refractivity contribution < 1.29 is 0 Å². The third-order valence-electron chi connectivity index (χ3n) is 4.68. The number of hydrogen-bond acceptors (Lipinski definition) is 3. The number of fused-ring (bicyclic) bond motifs is 1. The molecule has 2 aromatic heterocycles. The molecule has 0 unspecified atom stereocenters. The van der Waals surface area contributed by atoms with Gasteiger partial charge in [-0.25, -0.2) is 9.97 Å². The number of aromatic nitrogens is 3. The van der Waals surface area contributed by atoms with E-state index in [1.807, 2.05) is 12.3 Å². The summed E-state index contributed by atoms with van der Waals surface area (Å²) in [5.41, 5.74) is 4.42. The average molecular weight is 292 g/mol. The van der Waals surface area contributed by atoms with Crippen LogP contribution in [0.3, 0.4) is 0 Å². The standard InChI is InChI=1S/C18H20N4/c1-13(22-9-2-3-10-22)14-5-4-6-15(11-14)17-16-7-8-19-18(16)21-12-20-17/h4-8,11-13H,2-3,9-10H2,1H3,(H,19,20,21)/t13-/m0/s1. The Morgan fingerprint density at radius 2 is 2.00 bits per heavy atom. The van der Waals surface area contributed by atoms with Crippen LogP contribution in [-0.2, 0) is 0 Å². The van der Waals surface area contributed by atoms with Gasteiger partial charge in [-0.15, -0.1) is 0 Å². The zero-order chi connectivity index (χ0) is 14.9. The Hall–Kier alpha value is -2.20. The van der Waals surface area contributed by atoms with Crippen molar-refractivity contribution in [2.75, 3.05) is 13.1 Å². The molecule has 0 radical (unpaired) electrons. The molecular weight excluding hydrogens is 272 g/mol. The van der Waals surface area contributed by atoms with Crippen LogP contribution in [-0.4, -0.2) is 32.9 Å². The molecule has 0 saturated carbocycles. The molecule has 112 valence electrons. The van der Waals surface area contributed by atoms with E-state index in [0.717, 1.165) is 22.3 Å². The van der Waals surface area contributed by atoms with Crippen molar-refractivity contribution in [3.63, 3.8) is 0 Å². The topological polar surface area (TPSA) is 44.8 Å². The summed E-state index contributed by atoms with van der Waals surface area (Å²) in [5, 5.41) is 1.08. The quantitative estimate of drug-likeness (QED) is 0.799. The van der Waals surface area contributed by atoms with Crippen molar-refractivity contribution in [1.29, 1.82) is 0 Å². The normalized spacial score (nSPS) is 17.1. The average Bonchev–Trinajstić information content (AvgIpc) is 3.25. The molecule has 1 N–H and O–H groups in total. The van der Waals surface area contributed by atoms with E-state index >= 15 is 0 Å². The van der Waals surface area contributed by atoms with Crippen molar-refractivity contribution in [2.24, 2.45) is 0 Å². The molecule has 3 heterocycles. The second-order valence-corrected chi connectivity index (χ2v) is 6.01. The molecule has 1 fully saturated rings. The number of nitrogens with one attached hydrogen (secondary N) is 1. The highest BCUT2D eigenvalue weighted by Gasteiger charge is 2.19. The van der Waals surface area contributed by atoms with E-state index in [2.05, 4.69) is 51.0 Å². The summed E-state index contributed by atoms with van der Waals surface area (Å²) in [7, 11) is 0. The van der Waals surface area contributed by atoms with Crippen LogP contribution in [0.25, 0.3) is 22.3 Å². The van der Waals surface area contributed by atoms with Gasteiger partial charge in [0.15, 0.2) is 0 Å². The van der Waals surface area contributed by atoms with Crippen LogP contribution in [0.2, 0.25) is 0 Å². The van der Waals surface area contributed by atoms with Gasteiger partial charge < -0.3 is 4.98 Å². The van der Waals surface area contributed by atoms with Crippen LogP contribution in [0.1, 0.15) is 31.4 Å². The van der Waals surface area contributed by atoms with E-state index in [9.17, 15) is 0 Å². The second kappa shape index (κ2) is 5.54. The smallest absolute Gasteiger partial charge is 0.141 e. The maximum absolute atomic E-state index is 4.50. The van der Waals surface area contributed by atoms with Gasteiger partial charge in [0.2, 0.25) is 0 Å². The fourth-order valence-corrected chi connectivity index (χ4v) is 3.39. The molecule has 4 heteroatoms. The Bertz CT molecular complexity index is 786. The maximum atomic E-state index is 4.50. The highest BCUT2D eigenvalue weighted by molar-refractivity contribution is 5.90. The van der Waals surface area contributed by atoms with Crippen molar-refractivity contribution in [1.82, 2.24) is 19.9 Å². The molecule has 22 heavy (non-hydrogen) atoms. The minimum absolute atomic E-state index is 0.464. The first-order chi connectivity index (χ1) is 10.8. The molecule has 4 nitrogen and oxygen atoms in total. The van der Waals surface area contributed by atoms with E-state index in [1.54, 1.807) is 6.33 Å². The van der Waals surface area contributed by atoms with Crippen molar-refractivity contribution >= 4 is 11.0 Å². The molecule has 0 amide bonds. The van der Waals surface area contributed by atoms with Crippen molar-refractivity contribution in [2.45, 2.75) is 25.8 Å².